The molecular weight excluding hydrogens is 393 g/mol. The van der Waals surface area contributed by atoms with Gasteiger partial charge in [-0.3, -0.25) is 0 Å². The van der Waals surface area contributed by atoms with Crippen LogP contribution < -0.4 is 5.32 Å². The van der Waals surface area contributed by atoms with E-state index in [1.165, 1.54) is 17.0 Å². The third-order valence-electron chi connectivity index (χ3n) is 4.79. The van der Waals surface area contributed by atoms with Crippen LogP contribution in [0.15, 0.2) is 48.5 Å². The van der Waals surface area contributed by atoms with Gasteiger partial charge in [-0.1, -0.05) is 57.2 Å². The van der Waals surface area contributed by atoms with Crippen molar-refractivity contribution in [2.45, 2.75) is 39.9 Å². The Morgan fingerprint density at radius 1 is 0.933 bits per heavy atom. The second kappa shape index (κ2) is 9.98. The van der Waals surface area contributed by atoms with Gasteiger partial charge in [-0.25, -0.2) is 4.79 Å². The van der Waals surface area contributed by atoms with Crippen molar-refractivity contribution in [2.75, 3.05) is 19.6 Å². The Bertz CT molecular complexity index is 810. The van der Waals surface area contributed by atoms with Gasteiger partial charge < -0.3 is 15.3 Å². The van der Waals surface area contributed by atoms with Crippen LogP contribution in [0.4, 0.5) is 18.0 Å². The fraction of sp³-hybridized carbons (Fsp3) is 0.435. The highest BCUT2D eigenvalue weighted by Crippen LogP contribution is 2.31. The summed E-state index contributed by atoms with van der Waals surface area (Å²) in [5.74, 6) is 0. The van der Waals surface area contributed by atoms with Crippen molar-refractivity contribution in [1.29, 1.82) is 0 Å². The number of nitrogens with zero attached hydrogens (tertiary/aromatic N) is 1. The van der Waals surface area contributed by atoms with Crippen LogP contribution in [0, 0.1) is 5.41 Å². The summed E-state index contributed by atoms with van der Waals surface area (Å²) in [4.78, 5) is 12.8. The lowest BCUT2D eigenvalue weighted by molar-refractivity contribution is -0.137. The fourth-order valence-electron chi connectivity index (χ4n) is 2.89. The Morgan fingerprint density at radius 2 is 1.47 bits per heavy atom. The lowest BCUT2D eigenvalue weighted by atomic mass is 9.92. The lowest BCUT2D eigenvalue weighted by Gasteiger charge is -2.24. The molecule has 2 rings (SSSR count). The van der Waals surface area contributed by atoms with Crippen LogP contribution in [0.5, 0.6) is 0 Å². The largest absolute Gasteiger partial charge is 0.465 e. The highest BCUT2D eigenvalue weighted by atomic mass is 19.4. The van der Waals surface area contributed by atoms with Gasteiger partial charge in [0.2, 0.25) is 0 Å². The highest BCUT2D eigenvalue weighted by molar-refractivity contribution is 5.65. The fourth-order valence-corrected chi connectivity index (χ4v) is 2.89. The van der Waals surface area contributed by atoms with E-state index in [2.05, 4.69) is 26.1 Å². The van der Waals surface area contributed by atoms with Gasteiger partial charge in [-0.05, 0) is 40.7 Å². The zero-order valence-electron chi connectivity index (χ0n) is 17.6. The van der Waals surface area contributed by atoms with E-state index >= 15 is 0 Å². The van der Waals surface area contributed by atoms with E-state index in [0.29, 0.717) is 26.2 Å². The van der Waals surface area contributed by atoms with Crippen molar-refractivity contribution in [2.24, 2.45) is 5.41 Å². The van der Waals surface area contributed by atoms with Gasteiger partial charge in [-0.15, -0.1) is 0 Å². The number of benzene rings is 2. The molecule has 2 N–H and O–H groups in total. The van der Waals surface area contributed by atoms with E-state index in [1.807, 2.05) is 24.3 Å². The van der Waals surface area contributed by atoms with E-state index in [9.17, 15) is 23.1 Å². The molecule has 2 aromatic rings. The van der Waals surface area contributed by atoms with Crippen molar-refractivity contribution in [3.63, 3.8) is 0 Å². The third-order valence-corrected chi connectivity index (χ3v) is 4.79. The molecule has 0 aromatic heterocycles. The van der Waals surface area contributed by atoms with Crippen LogP contribution in [0.2, 0.25) is 0 Å². The summed E-state index contributed by atoms with van der Waals surface area (Å²) in [5, 5.41) is 12.6. The molecule has 0 saturated heterocycles. The van der Waals surface area contributed by atoms with E-state index in [1.54, 1.807) is 0 Å². The Balaban J connectivity index is 1.84. The molecule has 0 aliphatic rings. The molecule has 0 spiro atoms. The number of halogens is 3. The van der Waals surface area contributed by atoms with Gasteiger partial charge >= 0.3 is 12.3 Å². The van der Waals surface area contributed by atoms with Crippen LogP contribution in [-0.4, -0.2) is 35.7 Å². The second-order valence-electron chi connectivity index (χ2n) is 8.53. The maximum absolute atomic E-state index is 12.7. The topological polar surface area (TPSA) is 52.6 Å². The number of carboxylic acid groups (broad SMARTS) is 1. The quantitative estimate of drug-likeness (QED) is 0.523. The summed E-state index contributed by atoms with van der Waals surface area (Å²) in [5.41, 5.74) is 1.99. The van der Waals surface area contributed by atoms with Gasteiger partial charge in [0.05, 0.1) is 5.56 Å². The first kappa shape index (κ1) is 23.7. The predicted molar refractivity (Wildman–Crippen MR) is 112 cm³/mol. The van der Waals surface area contributed by atoms with Crippen LogP contribution in [0.1, 0.15) is 38.3 Å². The summed E-state index contributed by atoms with van der Waals surface area (Å²) in [6.45, 7) is 8.29. The smallest absolute Gasteiger partial charge is 0.416 e. The molecule has 0 unspecified atom stereocenters. The zero-order valence-corrected chi connectivity index (χ0v) is 17.6. The summed E-state index contributed by atoms with van der Waals surface area (Å²) in [6.07, 6.45) is -4.45. The Hall–Kier alpha value is -2.54. The van der Waals surface area contributed by atoms with Crippen LogP contribution in [0.25, 0.3) is 11.1 Å². The third kappa shape index (κ3) is 7.71. The molecule has 0 aliphatic heterocycles. The van der Waals surface area contributed by atoms with Gasteiger partial charge in [0.15, 0.2) is 0 Å². The van der Waals surface area contributed by atoms with Crippen molar-refractivity contribution >= 4 is 6.09 Å². The molecule has 164 valence electrons. The second-order valence-corrected chi connectivity index (χ2v) is 8.53. The summed E-state index contributed by atoms with van der Waals surface area (Å²) >= 11 is 0. The van der Waals surface area contributed by atoms with E-state index < -0.39 is 17.8 Å². The molecule has 0 bridgehead atoms. The van der Waals surface area contributed by atoms with Gasteiger partial charge in [0.1, 0.15) is 0 Å². The van der Waals surface area contributed by atoms with Crippen molar-refractivity contribution in [3.8, 4) is 11.1 Å². The Morgan fingerprint density at radius 3 is 1.93 bits per heavy atom. The van der Waals surface area contributed by atoms with Gasteiger partial charge in [0.25, 0.3) is 0 Å². The normalized spacial score (nSPS) is 12.1. The van der Waals surface area contributed by atoms with Crippen molar-refractivity contribution in [3.05, 3.63) is 59.7 Å². The number of nitrogens with one attached hydrogen (secondary N) is 1. The molecule has 0 atom stereocenters. The molecule has 0 heterocycles. The van der Waals surface area contributed by atoms with E-state index in [-0.39, 0.29) is 5.41 Å². The Kier molecular flexibility index (Phi) is 7.89. The van der Waals surface area contributed by atoms with Crippen LogP contribution in [0.3, 0.4) is 0 Å². The number of hydrogen-bond acceptors (Lipinski definition) is 2. The van der Waals surface area contributed by atoms with E-state index in [0.717, 1.165) is 35.2 Å². The summed E-state index contributed by atoms with van der Waals surface area (Å²) in [6, 6.07) is 12.7. The average molecular weight is 422 g/mol. The first-order valence-corrected chi connectivity index (χ1v) is 9.91. The maximum Gasteiger partial charge on any atom is 0.416 e. The molecular formula is C23H29F3N2O2. The highest BCUT2D eigenvalue weighted by Gasteiger charge is 2.29. The van der Waals surface area contributed by atoms with Crippen LogP contribution in [-0.2, 0) is 12.7 Å². The minimum Gasteiger partial charge on any atom is -0.465 e. The number of rotatable bonds is 8. The molecule has 0 radical (unpaired) electrons. The average Bonchev–Trinajstić information content (AvgIpc) is 2.66. The van der Waals surface area contributed by atoms with Crippen molar-refractivity contribution in [1.82, 2.24) is 10.2 Å². The summed E-state index contributed by atoms with van der Waals surface area (Å²) in [7, 11) is 0. The number of amides is 1. The molecule has 30 heavy (non-hydrogen) atoms. The maximum atomic E-state index is 12.7. The molecule has 7 heteroatoms. The minimum absolute atomic E-state index is 0.0793. The number of alkyl halides is 3. The summed E-state index contributed by atoms with van der Waals surface area (Å²) < 4.78 is 38.0. The Labute approximate surface area is 175 Å². The number of hydrogen-bond donors (Lipinski definition) is 2. The zero-order chi connectivity index (χ0) is 22.4. The molecule has 2 aromatic carbocycles. The molecule has 4 nitrogen and oxygen atoms in total. The molecule has 0 saturated carbocycles. The monoisotopic (exact) mass is 422 g/mol. The van der Waals surface area contributed by atoms with Gasteiger partial charge in [-0.2, -0.15) is 13.2 Å². The molecule has 0 fully saturated rings. The number of carbonyl (C=O) groups is 1. The standard InChI is InChI=1S/C23H29F3N2O2/c1-22(2,3)12-14-28(21(29)30)15-13-27-16-17-4-6-18(7-5-17)19-8-10-20(11-9-19)23(24,25)26/h4-11,27H,12-16H2,1-3H3,(H,29,30). The van der Waals surface area contributed by atoms with E-state index in [4.69, 9.17) is 0 Å². The van der Waals surface area contributed by atoms with Gasteiger partial charge in [0, 0.05) is 26.2 Å². The first-order valence-electron chi connectivity index (χ1n) is 9.91. The molecule has 0 aliphatic carbocycles. The first-order chi connectivity index (χ1) is 14.0. The van der Waals surface area contributed by atoms with Crippen molar-refractivity contribution < 1.29 is 23.1 Å². The lowest BCUT2D eigenvalue weighted by Crippen LogP contribution is -2.37. The minimum atomic E-state index is -4.34. The molecule has 1 amide bonds. The predicted octanol–water partition coefficient (Wildman–Crippen LogP) is 5.88. The SMILES string of the molecule is CC(C)(C)CCN(CCNCc1ccc(-c2ccc(C(F)(F)F)cc2)cc1)C(=O)O. The van der Waals surface area contributed by atoms with Crippen LogP contribution >= 0.6 is 0 Å².